The number of nitrogens with one attached hydrogen (secondary N) is 2. The number of phenols is 1. The molecular weight excluding hydrogens is 414 g/mol. The SMILES string of the molecule is Cc1ccccc1NC(=O)N/N=C\c1cc(Br)c(O)c(Br)c1. The molecule has 0 fully saturated rings. The zero-order valence-electron chi connectivity index (χ0n) is 11.6. The molecule has 2 aromatic carbocycles. The van der Waals surface area contributed by atoms with Crippen molar-refractivity contribution in [2.75, 3.05) is 5.32 Å². The molecule has 2 rings (SSSR count). The summed E-state index contributed by atoms with van der Waals surface area (Å²) in [5.74, 6) is 0.113. The fourth-order valence-corrected chi connectivity index (χ4v) is 2.91. The maximum absolute atomic E-state index is 11.7. The van der Waals surface area contributed by atoms with Gasteiger partial charge in [-0.15, -0.1) is 0 Å². The van der Waals surface area contributed by atoms with E-state index in [4.69, 9.17) is 0 Å². The van der Waals surface area contributed by atoms with Crippen LogP contribution in [-0.2, 0) is 0 Å². The van der Waals surface area contributed by atoms with Gasteiger partial charge in [-0.05, 0) is 68.1 Å². The molecule has 0 atom stereocenters. The summed E-state index contributed by atoms with van der Waals surface area (Å²) in [5, 5.41) is 16.2. The summed E-state index contributed by atoms with van der Waals surface area (Å²) in [6.07, 6.45) is 1.48. The van der Waals surface area contributed by atoms with Gasteiger partial charge in [0.15, 0.2) is 0 Å². The highest BCUT2D eigenvalue weighted by Gasteiger charge is 2.05. The van der Waals surface area contributed by atoms with Crippen LogP contribution in [0, 0.1) is 6.92 Å². The number of rotatable bonds is 3. The van der Waals surface area contributed by atoms with Gasteiger partial charge < -0.3 is 10.4 Å². The second-order valence-corrected chi connectivity index (χ2v) is 6.18. The first-order valence-electron chi connectivity index (χ1n) is 6.31. The molecule has 0 saturated heterocycles. The van der Waals surface area contributed by atoms with Gasteiger partial charge in [0.2, 0.25) is 0 Å². The van der Waals surface area contributed by atoms with Crippen LogP contribution >= 0.6 is 31.9 Å². The molecule has 7 heteroatoms. The normalized spacial score (nSPS) is 10.7. The largest absolute Gasteiger partial charge is 0.506 e. The lowest BCUT2D eigenvalue weighted by molar-refractivity contribution is 0.252. The molecule has 0 heterocycles. The predicted molar refractivity (Wildman–Crippen MR) is 94.4 cm³/mol. The van der Waals surface area contributed by atoms with Gasteiger partial charge in [0.25, 0.3) is 0 Å². The molecule has 0 aromatic heterocycles. The molecule has 5 nitrogen and oxygen atoms in total. The van der Waals surface area contributed by atoms with Gasteiger partial charge in [-0.2, -0.15) is 5.10 Å². The van der Waals surface area contributed by atoms with Crippen LogP contribution in [0.3, 0.4) is 0 Å². The fourth-order valence-electron chi connectivity index (χ4n) is 1.69. The molecule has 2 amide bonds. The molecule has 22 heavy (non-hydrogen) atoms. The number of hydrogen-bond acceptors (Lipinski definition) is 3. The second kappa shape index (κ2) is 7.42. The molecule has 114 valence electrons. The van der Waals surface area contributed by atoms with Crippen molar-refractivity contribution in [3.8, 4) is 5.75 Å². The number of benzene rings is 2. The third-order valence-corrected chi connectivity index (χ3v) is 4.02. The van der Waals surface area contributed by atoms with Crippen molar-refractivity contribution in [3.63, 3.8) is 0 Å². The van der Waals surface area contributed by atoms with Gasteiger partial charge in [0.1, 0.15) is 5.75 Å². The van der Waals surface area contributed by atoms with Crippen molar-refractivity contribution in [3.05, 3.63) is 56.5 Å². The van der Waals surface area contributed by atoms with Crippen LogP contribution in [0.2, 0.25) is 0 Å². The van der Waals surface area contributed by atoms with Crippen LogP contribution in [0.5, 0.6) is 5.75 Å². The number of para-hydroxylation sites is 1. The van der Waals surface area contributed by atoms with E-state index in [1.54, 1.807) is 12.1 Å². The highest BCUT2D eigenvalue weighted by atomic mass is 79.9. The monoisotopic (exact) mass is 425 g/mol. The fraction of sp³-hybridized carbons (Fsp3) is 0.0667. The van der Waals surface area contributed by atoms with E-state index in [9.17, 15) is 9.90 Å². The Hall–Kier alpha value is -1.86. The first kappa shape index (κ1) is 16.5. The Morgan fingerprint density at radius 1 is 1.23 bits per heavy atom. The van der Waals surface area contributed by atoms with E-state index in [-0.39, 0.29) is 5.75 Å². The van der Waals surface area contributed by atoms with Crippen molar-refractivity contribution >= 4 is 49.8 Å². The van der Waals surface area contributed by atoms with Crippen LogP contribution < -0.4 is 10.7 Å². The number of aromatic hydroxyl groups is 1. The highest BCUT2D eigenvalue weighted by molar-refractivity contribution is 9.11. The van der Waals surface area contributed by atoms with Crippen molar-refractivity contribution in [2.45, 2.75) is 6.92 Å². The molecule has 2 aromatic rings. The summed E-state index contributed by atoms with van der Waals surface area (Å²) in [6.45, 7) is 1.91. The minimum Gasteiger partial charge on any atom is -0.506 e. The molecule has 0 radical (unpaired) electrons. The Morgan fingerprint density at radius 2 is 1.86 bits per heavy atom. The van der Waals surface area contributed by atoms with E-state index < -0.39 is 6.03 Å². The number of carbonyl (C=O) groups excluding carboxylic acids is 1. The zero-order chi connectivity index (χ0) is 16.1. The predicted octanol–water partition coefficient (Wildman–Crippen LogP) is 4.38. The Balaban J connectivity index is 1.98. The zero-order valence-corrected chi connectivity index (χ0v) is 14.8. The number of aryl methyl sites for hydroxylation is 1. The van der Waals surface area contributed by atoms with Gasteiger partial charge in [-0.25, -0.2) is 10.2 Å². The summed E-state index contributed by atoms with van der Waals surface area (Å²) >= 11 is 6.46. The summed E-state index contributed by atoms with van der Waals surface area (Å²) in [4.78, 5) is 11.7. The van der Waals surface area contributed by atoms with E-state index in [1.165, 1.54) is 6.21 Å². The van der Waals surface area contributed by atoms with Crippen molar-refractivity contribution < 1.29 is 9.90 Å². The van der Waals surface area contributed by atoms with Crippen molar-refractivity contribution in [1.29, 1.82) is 0 Å². The first-order chi connectivity index (χ1) is 10.5. The van der Waals surface area contributed by atoms with E-state index in [1.807, 2.05) is 31.2 Å². The number of phenolic OH excluding ortho intramolecular Hbond substituents is 1. The highest BCUT2D eigenvalue weighted by Crippen LogP contribution is 2.32. The van der Waals surface area contributed by atoms with E-state index >= 15 is 0 Å². The molecule has 0 aliphatic rings. The number of amides is 2. The second-order valence-electron chi connectivity index (χ2n) is 4.47. The van der Waals surface area contributed by atoms with Crippen molar-refractivity contribution in [2.24, 2.45) is 5.10 Å². The summed E-state index contributed by atoms with van der Waals surface area (Å²) < 4.78 is 1.07. The van der Waals surface area contributed by atoms with E-state index in [0.29, 0.717) is 14.5 Å². The molecule has 0 spiro atoms. The Kier molecular flexibility index (Phi) is 5.57. The smallest absolute Gasteiger partial charge is 0.339 e. The number of hydrogen-bond donors (Lipinski definition) is 3. The lowest BCUT2D eigenvalue weighted by Crippen LogP contribution is -2.24. The van der Waals surface area contributed by atoms with Gasteiger partial charge in [0, 0.05) is 5.69 Å². The Morgan fingerprint density at radius 3 is 2.50 bits per heavy atom. The minimum atomic E-state index is -0.428. The Bertz CT molecular complexity index is 709. The van der Waals surface area contributed by atoms with Gasteiger partial charge in [-0.3, -0.25) is 0 Å². The van der Waals surface area contributed by atoms with E-state index in [2.05, 4.69) is 47.7 Å². The lowest BCUT2D eigenvalue weighted by Gasteiger charge is -2.07. The number of anilines is 1. The maximum Gasteiger partial charge on any atom is 0.339 e. The Labute approximate surface area is 144 Å². The molecular formula is C15H13Br2N3O2. The number of nitrogens with zero attached hydrogens (tertiary/aromatic N) is 1. The number of halogens is 2. The molecule has 0 aliphatic heterocycles. The standard InChI is InChI=1S/C15H13Br2N3O2/c1-9-4-2-3-5-13(9)19-15(22)20-18-8-10-6-11(16)14(21)12(17)7-10/h2-8,21H,1H3,(H2,19,20,22)/b18-8-. The number of hydrazone groups is 1. The van der Waals surface area contributed by atoms with Crippen LogP contribution in [0.4, 0.5) is 10.5 Å². The average molecular weight is 427 g/mol. The topological polar surface area (TPSA) is 73.7 Å². The summed E-state index contributed by atoms with van der Waals surface area (Å²) in [6, 6.07) is 10.4. The third kappa shape index (κ3) is 4.32. The minimum absolute atomic E-state index is 0.113. The first-order valence-corrected chi connectivity index (χ1v) is 7.89. The van der Waals surface area contributed by atoms with E-state index in [0.717, 1.165) is 11.3 Å². The quantitative estimate of drug-likeness (QED) is 0.503. The van der Waals surface area contributed by atoms with Crippen LogP contribution in [0.1, 0.15) is 11.1 Å². The third-order valence-electron chi connectivity index (χ3n) is 2.81. The van der Waals surface area contributed by atoms with Gasteiger partial charge >= 0.3 is 6.03 Å². The van der Waals surface area contributed by atoms with Gasteiger partial charge in [-0.1, -0.05) is 18.2 Å². The molecule has 0 unspecified atom stereocenters. The van der Waals surface area contributed by atoms with Crippen molar-refractivity contribution in [1.82, 2.24) is 5.43 Å². The number of urea groups is 1. The van der Waals surface area contributed by atoms with Crippen LogP contribution in [0.25, 0.3) is 0 Å². The van der Waals surface area contributed by atoms with Crippen LogP contribution in [0.15, 0.2) is 50.4 Å². The number of carbonyl (C=O) groups is 1. The summed E-state index contributed by atoms with van der Waals surface area (Å²) in [7, 11) is 0. The molecule has 3 N–H and O–H groups in total. The molecule has 0 aliphatic carbocycles. The average Bonchev–Trinajstić information content (AvgIpc) is 2.47. The lowest BCUT2D eigenvalue weighted by atomic mass is 10.2. The molecule has 0 saturated carbocycles. The van der Waals surface area contributed by atoms with Gasteiger partial charge in [0.05, 0.1) is 15.2 Å². The molecule has 0 bridgehead atoms. The summed E-state index contributed by atoms with van der Waals surface area (Å²) in [5.41, 5.74) is 4.80. The maximum atomic E-state index is 11.7. The van der Waals surface area contributed by atoms with Crippen LogP contribution in [-0.4, -0.2) is 17.4 Å².